The van der Waals surface area contributed by atoms with E-state index in [4.69, 9.17) is 27.6 Å². The van der Waals surface area contributed by atoms with Crippen LogP contribution in [0.2, 0.25) is 10.0 Å². The number of carbonyl (C=O) groups excluding carboxylic acids is 2. The average molecular weight is 534 g/mol. The van der Waals surface area contributed by atoms with Crippen molar-refractivity contribution in [3.05, 3.63) is 106 Å². The van der Waals surface area contributed by atoms with Crippen LogP contribution in [-0.4, -0.2) is 42.9 Å². The van der Waals surface area contributed by atoms with Crippen molar-refractivity contribution in [2.75, 3.05) is 36.4 Å². The minimum atomic E-state index is -0.345. The molecule has 1 aliphatic rings. The van der Waals surface area contributed by atoms with Gasteiger partial charge in [-0.3, -0.25) is 9.59 Å². The lowest BCUT2D eigenvalue weighted by molar-refractivity contribution is 0.0746. The normalized spacial score (nSPS) is 13.5. The molecule has 188 valence electrons. The summed E-state index contributed by atoms with van der Waals surface area (Å²) in [6.45, 7) is 4.81. The molecule has 1 aromatic heterocycles. The van der Waals surface area contributed by atoms with Crippen molar-refractivity contribution >= 4 is 46.4 Å². The van der Waals surface area contributed by atoms with E-state index in [0.29, 0.717) is 34.6 Å². The number of halogens is 2. The Morgan fingerprint density at radius 2 is 1.51 bits per heavy atom. The van der Waals surface area contributed by atoms with Crippen LogP contribution in [0, 0.1) is 6.92 Å². The van der Waals surface area contributed by atoms with E-state index in [0.717, 1.165) is 35.5 Å². The van der Waals surface area contributed by atoms with Crippen LogP contribution in [0.25, 0.3) is 11.3 Å². The maximum Gasteiger partial charge on any atom is 0.291 e. The molecule has 0 bridgehead atoms. The molecule has 4 aromatic rings. The van der Waals surface area contributed by atoms with Crippen LogP contribution in [-0.2, 0) is 0 Å². The lowest BCUT2D eigenvalue weighted by Gasteiger charge is -2.36. The predicted octanol–water partition coefficient (Wildman–Crippen LogP) is 6.78. The first-order chi connectivity index (χ1) is 17.9. The van der Waals surface area contributed by atoms with E-state index in [1.54, 1.807) is 30.3 Å². The van der Waals surface area contributed by atoms with Gasteiger partial charge in [-0.2, -0.15) is 0 Å². The number of furan rings is 1. The highest BCUT2D eigenvalue weighted by Gasteiger charge is 2.22. The molecule has 6 nitrogen and oxygen atoms in total. The fourth-order valence-corrected chi connectivity index (χ4v) is 4.56. The van der Waals surface area contributed by atoms with Gasteiger partial charge in [0.15, 0.2) is 5.76 Å². The molecule has 1 saturated heterocycles. The minimum absolute atomic E-state index is 0.0675. The molecule has 0 aliphatic carbocycles. The van der Waals surface area contributed by atoms with Crippen molar-refractivity contribution < 1.29 is 14.0 Å². The van der Waals surface area contributed by atoms with E-state index in [2.05, 4.69) is 10.2 Å². The standard InChI is InChI=1S/C29H25Cl2N3O3/c1-19-2-4-20(5-3-19)29(36)34-16-14-33(15-17-34)23-9-7-22(8-10-23)32-28(35)27-13-12-26(37-27)21-6-11-24(30)25(31)18-21/h2-13,18H,14-17H2,1H3,(H,32,35). The van der Waals surface area contributed by atoms with Gasteiger partial charge in [-0.15, -0.1) is 0 Å². The number of benzene rings is 3. The Balaban J connectivity index is 1.17. The predicted molar refractivity (Wildman–Crippen MR) is 148 cm³/mol. The van der Waals surface area contributed by atoms with Gasteiger partial charge >= 0.3 is 0 Å². The summed E-state index contributed by atoms with van der Waals surface area (Å²) >= 11 is 12.1. The SMILES string of the molecule is Cc1ccc(C(=O)N2CCN(c3ccc(NC(=O)c4ccc(-c5ccc(Cl)c(Cl)c5)o4)cc3)CC2)cc1. The molecule has 3 aromatic carbocycles. The zero-order valence-electron chi connectivity index (χ0n) is 20.2. The number of anilines is 2. The Morgan fingerprint density at radius 1 is 0.811 bits per heavy atom. The molecule has 37 heavy (non-hydrogen) atoms. The van der Waals surface area contributed by atoms with Crippen molar-refractivity contribution in [3.8, 4) is 11.3 Å². The van der Waals surface area contributed by atoms with E-state index in [1.807, 2.05) is 60.4 Å². The third-order valence-corrected chi connectivity index (χ3v) is 7.13. The molecule has 0 radical (unpaired) electrons. The van der Waals surface area contributed by atoms with Crippen molar-refractivity contribution in [1.29, 1.82) is 0 Å². The molecule has 1 N–H and O–H groups in total. The number of nitrogens with one attached hydrogen (secondary N) is 1. The topological polar surface area (TPSA) is 65.8 Å². The maximum absolute atomic E-state index is 12.8. The van der Waals surface area contributed by atoms with Gasteiger partial charge in [-0.25, -0.2) is 0 Å². The zero-order chi connectivity index (χ0) is 25.9. The Labute approximate surface area is 225 Å². The third kappa shape index (κ3) is 5.66. The number of rotatable bonds is 5. The van der Waals surface area contributed by atoms with Crippen molar-refractivity contribution in [3.63, 3.8) is 0 Å². The van der Waals surface area contributed by atoms with Gasteiger partial charge in [0.05, 0.1) is 10.0 Å². The van der Waals surface area contributed by atoms with Crippen LogP contribution in [0.15, 0.2) is 83.3 Å². The Hall–Kier alpha value is -3.74. The quantitative estimate of drug-likeness (QED) is 0.307. The number of piperazine rings is 1. The van der Waals surface area contributed by atoms with Gasteiger partial charge in [0, 0.05) is 48.7 Å². The van der Waals surface area contributed by atoms with E-state index in [-0.39, 0.29) is 17.6 Å². The molecule has 5 rings (SSSR count). The number of nitrogens with zero attached hydrogens (tertiary/aromatic N) is 2. The highest BCUT2D eigenvalue weighted by Crippen LogP contribution is 2.30. The Kier molecular flexibility index (Phi) is 7.22. The second kappa shape index (κ2) is 10.7. The second-order valence-electron chi connectivity index (χ2n) is 8.94. The van der Waals surface area contributed by atoms with Gasteiger partial charge in [0.25, 0.3) is 11.8 Å². The summed E-state index contributed by atoms with van der Waals surface area (Å²) in [5.41, 5.74) is 4.30. The molecule has 1 fully saturated rings. The van der Waals surface area contributed by atoms with E-state index in [9.17, 15) is 9.59 Å². The Bertz CT molecular complexity index is 1420. The van der Waals surface area contributed by atoms with Gasteiger partial charge in [0.1, 0.15) is 5.76 Å². The minimum Gasteiger partial charge on any atom is -0.451 e. The number of carbonyl (C=O) groups is 2. The fraction of sp³-hybridized carbons (Fsp3) is 0.172. The van der Waals surface area contributed by atoms with Crippen molar-refractivity contribution in [2.45, 2.75) is 6.92 Å². The van der Waals surface area contributed by atoms with Crippen LogP contribution < -0.4 is 10.2 Å². The van der Waals surface area contributed by atoms with Gasteiger partial charge < -0.3 is 19.5 Å². The summed E-state index contributed by atoms with van der Waals surface area (Å²) in [5, 5.41) is 3.74. The lowest BCUT2D eigenvalue weighted by Crippen LogP contribution is -2.48. The summed E-state index contributed by atoms with van der Waals surface area (Å²) in [4.78, 5) is 29.6. The first-order valence-corrected chi connectivity index (χ1v) is 12.7. The van der Waals surface area contributed by atoms with Crippen LogP contribution in [0.1, 0.15) is 26.5 Å². The molecule has 0 spiro atoms. The van der Waals surface area contributed by atoms with E-state index in [1.165, 1.54) is 0 Å². The summed E-state index contributed by atoms with van der Waals surface area (Å²) < 4.78 is 5.73. The molecule has 2 amide bonds. The van der Waals surface area contributed by atoms with Gasteiger partial charge in [0.2, 0.25) is 0 Å². The molecule has 1 aliphatic heterocycles. The Morgan fingerprint density at radius 3 is 2.19 bits per heavy atom. The monoisotopic (exact) mass is 533 g/mol. The molecular formula is C29H25Cl2N3O3. The first kappa shape index (κ1) is 24.9. The molecule has 8 heteroatoms. The van der Waals surface area contributed by atoms with Crippen LogP contribution in [0.3, 0.4) is 0 Å². The number of hydrogen-bond donors (Lipinski definition) is 1. The van der Waals surface area contributed by atoms with Gasteiger partial charge in [-0.05, 0) is 73.7 Å². The molecule has 2 heterocycles. The number of aryl methyl sites for hydroxylation is 1. The molecule has 0 unspecified atom stereocenters. The fourth-order valence-electron chi connectivity index (χ4n) is 4.26. The van der Waals surface area contributed by atoms with Crippen LogP contribution >= 0.6 is 23.2 Å². The molecule has 0 atom stereocenters. The summed E-state index contributed by atoms with van der Waals surface area (Å²) in [6, 6.07) is 23.9. The smallest absolute Gasteiger partial charge is 0.291 e. The van der Waals surface area contributed by atoms with Gasteiger partial charge in [-0.1, -0.05) is 40.9 Å². The lowest BCUT2D eigenvalue weighted by atomic mass is 10.1. The number of amides is 2. The molecule has 0 saturated carbocycles. The van der Waals surface area contributed by atoms with Crippen LogP contribution in [0.4, 0.5) is 11.4 Å². The average Bonchev–Trinajstić information content (AvgIpc) is 3.42. The first-order valence-electron chi connectivity index (χ1n) is 11.9. The summed E-state index contributed by atoms with van der Waals surface area (Å²) in [5.74, 6) is 0.443. The maximum atomic E-state index is 12.8. The third-order valence-electron chi connectivity index (χ3n) is 6.39. The van der Waals surface area contributed by atoms with Crippen molar-refractivity contribution in [2.24, 2.45) is 0 Å². The zero-order valence-corrected chi connectivity index (χ0v) is 21.7. The van der Waals surface area contributed by atoms with Crippen molar-refractivity contribution in [1.82, 2.24) is 4.90 Å². The highest BCUT2D eigenvalue weighted by atomic mass is 35.5. The number of hydrogen-bond acceptors (Lipinski definition) is 4. The summed E-state index contributed by atoms with van der Waals surface area (Å²) in [6.07, 6.45) is 0. The van der Waals surface area contributed by atoms with Crippen LogP contribution in [0.5, 0.6) is 0 Å². The van der Waals surface area contributed by atoms with E-state index < -0.39 is 0 Å². The highest BCUT2D eigenvalue weighted by molar-refractivity contribution is 6.42. The van der Waals surface area contributed by atoms with E-state index >= 15 is 0 Å². The second-order valence-corrected chi connectivity index (χ2v) is 9.75. The summed E-state index contributed by atoms with van der Waals surface area (Å²) in [7, 11) is 0. The molecular weight excluding hydrogens is 509 g/mol. The largest absolute Gasteiger partial charge is 0.451 e.